The van der Waals surface area contributed by atoms with Gasteiger partial charge in [-0.25, -0.2) is 13.8 Å². The maximum atomic E-state index is 15.4. The summed E-state index contributed by atoms with van der Waals surface area (Å²) in [4.78, 5) is 10.9. The number of benzene rings is 1. The van der Waals surface area contributed by atoms with Gasteiger partial charge in [0, 0.05) is 36.7 Å². The molecule has 34 heavy (non-hydrogen) atoms. The topological polar surface area (TPSA) is 85.5 Å². The van der Waals surface area contributed by atoms with Crippen molar-refractivity contribution in [3.05, 3.63) is 29.3 Å². The van der Waals surface area contributed by atoms with Crippen molar-refractivity contribution in [1.29, 1.82) is 0 Å². The van der Waals surface area contributed by atoms with Gasteiger partial charge in [0.05, 0.1) is 25.8 Å². The number of piperidine rings is 1. The average Bonchev–Trinajstić information content (AvgIpc) is 3.27. The van der Waals surface area contributed by atoms with Gasteiger partial charge in [-0.3, -0.25) is 0 Å². The smallest absolute Gasteiger partial charge is 0.261 e. The summed E-state index contributed by atoms with van der Waals surface area (Å²) in [6, 6.07) is 2.94. The minimum Gasteiger partial charge on any atom is -0.497 e. The lowest BCUT2D eigenvalue weighted by Crippen LogP contribution is -2.55. The third-order valence-electron chi connectivity index (χ3n) is 6.69. The third-order valence-corrected chi connectivity index (χ3v) is 6.69. The number of halogens is 2. The molecule has 3 aromatic rings. The fraction of sp³-hybridized carbons (Fsp3) is 0.542. The van der Waals surface area contributed by atoms with Crippen molar-refractivity contribution in [1.82, 2.24) is 20.4 Å². The number of nitrogens with one attached hydrogen (secondary N) is 1. The molecule has 2 aliphatic heterocycles. The SMILES string of the molecule is COc1cc(F)c2nc(N3CC[C@@H](N[C@H]4CCCOC4)[C@@H](F)C3)c(-c3nc(C)no3)c(C)c2c1. The Morgan fingerprint density at radius 3 is 2.74 bits per heavy atom. The van der Waals surface area contributed by atoms with Crippen LogP contribution < -0.4 is 15.0 Å². The molecule has 2 aliphatic rings. The molecule has 0 radical (unpaired) electrons. The highest BCUT2D eigenvalue weighted by atomic mass is 19.1. The van der Waals surface area contributed by atoms with E-state index in [1.807, 2.05) is 11.8 Å². The predicted molar refractivity (Wildman–Crippen MR) is 124 cm³/mol. The Morgan fingerprint density at radius 1 is 1.21 bits per heavy atom. The van der Waals surface area contributed by atoms with E-state index in [2.05, 4.69) is 20.4 Å². The van der Waals surface area contributed by atoms with Gasteiger partial charge < -0.3 is 24.2 Å². The molecule has 5 rings (SSSR count). The van der Waals surface area contributed by atoms with Crippen LogP contribution in [0.25, 0.3) is 22.4 Å². The molecule has 8 nitrogen and oxygen atoms in total. The fourth-order valence-corrected chi connectivity index (χ4v) is 4.90. The number of hydrogen-bond acceptors (Lipinski definition) is 8. The third kappa shape index (κ3) is 4.32. The molecule has 0 spiro atoms. The van der Waals surface area contributed by atoms with Crippen LogP contribution in [0.5, 0.6) is 5.75 Å². The first kappa shape index (κ1) is 22.9. The zero-order valence-electron chi connectivity index (χ0n) is 19.6. The number of aryl methyl sites for hydroxylation is 2. The lowest BCUT2D eigenvalue weighted by atomic mass is 9.98. The molecule has 0 saturated carbocycles. The highest BCUT2D eigenvalue weighted by molar-refractivity contribution is 5.93. The minimum absolute atomic E-state index is 0.126. The van der Waals surface area contributed by atoms with E-state index in [0.29, 0.717) is 47.9 Å². The van der Waals surface area contributed by atoms with Crippen LogP contribution in [0.1, 0.15) is 30.7 Å². The number of ether oxygens (including phenoxy) is 2. The first-order chi connectivity index (χ1) is 16.4. The quantitative estimate of drug-likeness (QED) is 0.600. The Hall–Kier alpha value is -2.85. The molecule has 10 heteroatoms. The summed E-state index contributed by atoms with van der Waals surface area (Å²) < 4.78 is 46.6. The molecule has 2 fully saturated rings. The van der Waals surface area contributed by atoms with Gasteiger partial charge in [-0.15, -0.1) is 0 Å². The normalized spacial score (nSPS) is 23.4. The number of fused-ring (bicyclic) bond motifs is 1. The highest BCUT2D eigenvalue weighted by Gasteiger charge is 2.34. The molecule has 182 valence electrons. The summed E-state index contributed by atoms with van der Waals surface area (Å²) in [5, 5.41) is 7.93. The fourth-order valence-electron chi connectivity index (χ4n) is 4.90. The molecule has 3 atom stereocenters. The Kier molecular flexibility index (Phi) is 6.35. The minimum atomic E-state index is -1.12. The van der Waals surface area contributed by atoms with E-state index in [1.165, 1.54) is 13.2 Å². The van der Waals surface area contributed by atoms with Crippen LogP contribution >= 0.6 is 0 Å². The van der Waals surface area contributed by atoms with Crippen molar-refractivity contribution >= 4 is 16.7 Å². The van der Waals surface area contributed by atoms with Gasteiger partial charge in [0.1, 0.15) is 23.3 Å². The van der Waals surface area contributed by atoms with Gasteiger partial charge in [0.2, 0.25) is 0 Å². The molecular formula is C24H29F2N5O3. The lowest BCUT2D eigenvalue weighted by molar-refractivity contribution is 0.0588. The monoisotopic (exact) mass is 473 g/mol. The van der Waals surface area contributed by atoms with Crippen LogP contribution in [0.4, 0.5) is 14.6 Å². The zero-order chi connectivity index (χ0) is 23.8. The van der Waals surface area contributed by atoms with Crippen molar-refractivity contribution in [3.63, 3.8) is 0 Å². The molecule has 4 heterocycles. The molecule has 0 unspecified atom stereocenters. The van der Waals surface area contributed by atoms with E-state index in [4.69, 9.17) is 14.0 Å². The molecule has 0 bridgehead atoms. The molecule has 1 aromatic carbocycles. The van der Waals surface area contributed by atoms with Gasteiger partial charge in [-0.05, 0) is 44.7 Å². The van der Waals surface area contributed by atoms with E-state index < -0.39 is 12.0 Å². The molecule has 2 saturated heterocycles. The van der Waals surface area contributed by atoms with E-state index in [9.17, 15) is 4.39 Å². The lowest BCUT2D eigenvalue weighted by Gasteiger charge is -2.38. The zero-order valence-corrected chi connectivity index (χ0v) is 19.6. The second kappa shape index (κ2) is 9.42. The van der Waals surface area contributed by atoms with Gasteiger partial charge in [-0.2, -0.15) is 4.98 Å². The van der Waals surface area contributed by atoms with E-state index >= 15 is 4.39 Å². The number of nitrogens with zero attached hydrogens (tertiary/aromatic N) is 4. The maximum Gasteiger partial charge on any atom is 0.261 e. The Labute approximate surface area is 196 Å². The summed E-state index contributed by atoms with van der Waals surface area (Å²) in [7, 11) is 1.49. The standard InChI is InChI=1S/C24H29F2N5O3/c1-13-17-9-16(32-3)10-18(25)22(17)29-23(21(13)24-27-14(2)30-34-24)31-7-6-20(19(26)11-31)28-15-5-4-8-33-12-15/h9-10,15,19-20,28H,4-8,11-12H2,1-3H3/t15-,19-,20+/m0/s1. The predicted octanol–water partition coefficient (Wildman–Crippen LogP) is 3.73. The largest absolute Gasteiger partial charge is 0.497 e. The molecule has 2 aromatic heterocycles. The highest BCUT2D eigenvalue weighted by Crippen LogP contribution is 2.39. The number of alkyl halides is 1. The Bertz CT molecular complexity index is 1180. The van der Waals surface area contributed by atoms with Gasteiger partial charge in [0.15, 0.2) is 11.6 Å². The van der Waals surface area contributed by atoms with Crippen molar-refractivity contribution in [3.8, 4) is 17.2 Å². The molecule has 0 amide bonds. The molecule has 0 aliphatic carbocycles. The number of rotatable bonds is 5. The van der Waals surface area contributed by atoms with Crippen molar-refractivity contribution < 1.29 is 22.8 Å². The number of anilines is 1. The Morgan fingerprint density at radius 2 is 2.06 bits per heavy atom. The van der Waals surface area contributed by atoms with Gasteiger partial charge in [-0.1, -0.05) is 5.16 Å². The van der Waals surface area contributed by atoms with Crippen LogP contribution in [0.3, 0.4) is 0 Å². The van der Waals surface area contributed by atoms with Crippen LogP contribution in [0, 0.1) is 19.7 Å². The van der Waals surface area contributed by atoms with Crippen LogP contribution in [0.2, 0.25) is 0 Å². The van der Waals surface area contributed by atoms with Crippen molar-refractivity contribution in [2.24, 2.45) is 0 Å². The second-order valence-corrected chi connectivity index (χ2v) is 9.03. The van der Waals surface area contributed by atoms with E-state index in [0.717, 1.165) is 25.0 Å². The summed E-state index contributed by atoms with van der Waals surface area (Å²) in [6.45, 7) is 5.64. The molecule has 1 N–H and O–H groups in total. The van der Waals surface area contributed by atoms with E-state index in [1.54, 1.807) is 13.0 Å². The first-order valence-corrected chi connectivity index (χ1v) is 11.7. The summed E-state index contributed by atoms with van der Waals surface area (Å²) in [5.41, 5.74) is 1.50. The van der Waals surface area contributed by atoms with Gasteiger partial charge in [0.25, 0.3) is 5.89 Å². The average molecular weight is 474 g/mol. The number of hydrogen-bond donors (Lipinski definition) is 1. The number of pyridine rings is 1. The summed E-state index contributed by atoms with van der Waals surface area (Å²) >= 11 is 0. The second-order valence-electron chi connectivity index (χ2n) is 9.03. The van der Waals surface area contributed by atoms with Crippen molar-refractivity contribution in [2.75, 3.05) is 38.3 Å². The van der Waals surface area contributed by atoms with E-state index in [-0.39, 0.29) is 30.0 Å². The van der Waals surface area contributed by atoms with Crippen LogP contribution in [0.15, 0.2) is 16.7 Å². The maximum absolute atomic E-state index is 15.4. The van der Waals surface area contributed by atoms with Crippen molar-refractivity contribution in [2.45, 2.75) is 51.4 Å². The van der Waals surface area contributed by atoms with Crippen LogP contribution in [-0.2, 0) is 4.74 Å². The Balaban J connectivity index is 1.51. The molecular weight excluding hydrogens is 444 g/mol. The number of aromatic nitrogens is 3. The number of methoxy groups -OCH3 is 1. The van der Waals surface area contributed by atoms with Gasteiger partial charge >= 0.3 is 0 Å². The first-order valence-electron chi connectivity index (χ1n) is 11.7. The summed E-state index contributed by atoms with van der Waals surface area (Å²) in [6.07, 6.45) is 1.44. The van der Waals surface area contributed by atoms with Crippen LogP contribution in [-0.4, -0.2) is 66.8 Å². The summed E-state index contributed by atoms with van der Waals surface area (Å²) in [5.74, 6) is 1.08.